The lowest BCUT2D eigenvalue weighted by Crippen LogP contribution is -2.35. The van der Waals surface area contributed by atoms with Crippen LogP contribution >= 0.6 is 0 Å². The fourth-order valence-electron chi connectivity index (χ4n) is 1.31. The van der Waals surface area contributed by atoms with Gasteiger partial charge in [-0.2, -0.15) is 15.1 Å². The summed E-state index contributed by atoms with van der Waals surface area (Å²) >= 11 is 0. The Hall–Kier alpha value is -1.89. The number of nitrogens with one attached hydrogen (secondary N) is 2. The average molecular weight is 222 g/mol. The fourth-order valence-corrected chi connectivity index (χ4v) is 1.31. The van der Waals surface area contributed by atoms with Crippen molar-refractivity contribution in [3.8, 4) is 0 Å². The number of nitrogens with two attached hydrogens (primary N) is 1. The van der Waals surface area contributed by atoms with Gasteiger partial charge < -0.3 is 16.2 Å². The van der Waals surface area contributed by atoms with Crippen molar-refractivity contribution < 1.29 is 5.11 Å². The third-order valence-corrected chi connectivity index (χ3v) is 2.18. The van der Waals surface area contributed by atoms with Gasteiger partial charge in [-0.1, -0.05) is 0 Å². The van der Waals surface area contributed by atoms with E-state index in [1.165, 1.54) is 0 Å². The molecule has 86 valence electrons. The van der Waals surface area contributed by atoms with Crippen LogP contribution in [0.5, 0.6) is 0 Å². The predicted octanol–water partition coefficient (Wildman–Crippen LogP) is 0.118. The number of anilines is 2. The molecule has 0 aliphatic carbocycles. The zero-order chi connectivity index (χ0) is 11.8. The van der Waals surface area contributed by atoms with Crippen molar-refractivity contribution in [1.29, 1.82) is 0 Å². The van der Waals surface area contributed by atoms with Gasteiger partial charge >= 0.3 is 0 Å². The number of aromatic amines is 1. The van der Waals surface area contributed by atoms with E-state index in [0.29, 0.717) is 11.5 Å². The Morgan fingerprint density at radius 3 is 2.94 bits per heavy atom. The average Bonchev–Trinajstić information content (AvgIpc) is 2.65. The third kappa shape index (κ3) is 1.89. The molecule has 0 amide bonds. The molecule has 2 heterocycles. The molecule has 0 saturated heterocycles. The Labute approximate surface area is 92.1 Å². The van der Waals surface area contributed by atoms with Crippen molar-refractivity contribution in [2.45, 2.75) is 19.4 Å². The summed E-state index contributed by atoms with van der Waals surface area (Å²) in [5, 5.41) is 19.6. The van der Waals surface area contributed by atoms with Crippen LogP contribution in [0.1, 0.15) is 13.8 Å². The largest absolute Gasteiger partial charge is 0.394 e. The van der Waals surface area contributed by atoms with Crippen molar-refractivity contribution >= 4 is 22.8 Å². The maximum absolute atomic E-state index is 9.19. The minimum atomic E-state index is -0.481. The van der Waals surface area contributed by atoms with Crippen molar-refractivity contribution in [3.05, 3.63) is 6.20 Å². The molecule has 2 aromatic heterocycles. The maximum atomic E-state index is 9.19. The molecule has 5 N–H and O–H groups in total. The quantitative estimate of drug-likeness (QED) is 0.586. The Morgan fingerprint density at radius 1 is 1.50 bits per heavy atom. The summed E-state index contributed by atoms with van der Waals surface area (Å²) in [6.07, 6.45) is 1.62. The molecule has 7 heteroatoms. The van der Waals surface area contributed by atoms with E-state index in [1.54, 1.807) is 6.20 Å². The molecule has 16 heavy (non-hydrogen) atoms. The highest BCUT2D eigenvalue weighted by molar-refractivity contribution is 5.87. The van der Waals surface area contributed by atoms with E-state index >= 15 is 0 Å². The molecule has 0 aromatic carbocycles. The highest BCUT2D eigenvalue weighted by Crippen LogP contribution is 2.21. The van der Waals surface area contributed by atoms with Crippen LogP contribution in [-0.4, -0.2) is 37.4 Å². The number of aliphatic hydroxyl groups is 1. The Kier molecular flexibility index (Phi) is 2.39. The van der Waals surface area contributed by atoms with Crippen molar-refractivity contribution in [2.24, 2.45) is 0 Å². The second-order valence-corrected chi connectivity index (χ2v) is 4.23. The van der Waals surface area contributed by atoms with Gasteiger partial charge in [0.2, 0.25) is 5.95 Å². The maximum Gasteiger partial charge on any atom is 0.224 e. The van der Waals surface area contributed by atoms with Crippen LogP contribution in [0.25, 0.3) is 11.0 Å². The number of nitrogens with zero attached hydrogens (tertiary/aromatic N) is 3. The number of nitrogen functional groups attached to an aromatic ring is 1. The summed E-state index contributed by atoms with van der Waals surface area (Å²) in [5.74, 6) is 0.725. The van der Waals surface area contributed by atoms with Crippen LogP contribution in [-0.2, 0) is 0 Å². The van der Waals surface area contributed by atoms with Crippen molar-refractivity contribution in [2.75, 3.05) is 17.7 Å². The number of rotatable bonds is 3. The number of aliphatic hydroxyl groups excluding tert-OH is 1. The van der Waals surface area contributed by atoms with Gasteiger partial charge in [0.25, 0.3) is 0 Å². The molecule has 2 rings (SSSR count). The van der Waals surface area contributed by atoms with E-state index in [4.69, 9.17) is 5.73 Å². The van der Waals surface area contributed by atoms with Gasteiger partial charge in [-0.05, 0) is 13.8 Å². The predicted molar refractivity (Wildman–Crippen MR) is 60.9 cm³/mol. The van der Waals surface area contributed by atoms with E-state index < -0.39 is 5.54 Å². The van der Waals surface area contributed by atoms with E-state index in [1.807, 2.05) is 13.8 Å². The smallest absolute Gasteiger partial charge is 0.224 e. The summed E-state index contributed by atoms with van der Waals surface area (Å²) in [7, 11) is 0. The lowest BCUT2D eigenvalue weighted by molar-refractivity contribution is 0.234. The standard InChI is InChI=1S/C9H14N6O/c1-9(2,4-16)14-6-5-3-11-15-7(5)13-8(10)12-6/h3,16H,4H2,1-2H3,(H4,10,11,12,13,14,15). The van der Waals surface area contributed by atoms with Gasteiger partial charge in [-0.3, -0.25) is 5.10 Å². The highest BCUT2D eigenvalue weighted by Gasteiger charge is 2.19. The van der Waals surface area contributed by atoms with Crippen molar-refractivity contribution in [1.82, 2.24) is 20.2 Å². The molecular formula is C9H14N6O. The van der Waals surface area contributed by atoms with Crippen LogP contribution in [0.15, 0.2) is 6.20 Å². The van der Waals surface area contributed by atoms with E-state index in [2.05, 4.69) is 25.5 Å². The van der Waals surface area contributed by atoms with Gasteiger partial charge in [0.15, 0.2) is 5.65 Å². The Balaban J connectivity index is 2.47. The number of hydrogen-bond donors (Lipinski definition) is 4. The second-order valence-electron chi connectivity index (χ2n) is 4.23. The number of H-pyrrole nitrogens is 1. The van der Waals surface area contributed by atoms with Crippen molar-refractivity contribution in [3.63, 3.8) is 0 Å². The number of aromatic nitrogens is 4. The van der Waals surface area contributed by atoms with Gasteiger partial charge in [-0.15, -0.1) is 0 Å². The lowest BCUT2D eigenvalue weighted by atomic mass is 10.1. The second kappa shape index (κ2) is 3.60. The fraction of sp³-hybridized carbons (Fsp3) is 0.444. The van der Waals surface area contributed by atoms with Gasteiger partial charge in [0.1, 0.15) is 5.82 Å². The number of fused-ring (bicyclic) bond motifs is 1. The Morgan fingerprint density at radius 2 is 2.25 bits per heavy atom. The Bertz CT molecular complexity index is 506. The summed E-state index contributed by atoms with van der Waals surface area (Å²) in [6.45, 7) is 3.70. The van der Waals surface area contributed by atoms with Gasteiger partial charge in [-0.25, -0.2) is 0 Å². The van der Waals surface area contributed by atoms with Crippen LogP contribution in [0.4, 0.5) is 11.8 Å². The SMILES string of the molecule is CC(C)(CO)Nc1nc(N)nc2[nH]ncc12. The van der Waals surface area contributed by atoms with Crippen LogP contribution in [0, 0.1) is 0 Å². The highest BCUT2D eigenvalue weighted by atomic mass is 16.3. The molecule has 0 aliphatic heterocycles. The molecular weight excluding hydrogens is 208 g/mol. The minimum Gasteiger partial charge on any atom is -0.394 e. The topological polar surface area (TPSA) is 113 Å². The first kappa shape index (κ1) is 10.6. The molecule has 0 unspecified atom stereocenters. The molecule has 0 fully saturated rings. The molecule has 7 nitrogen and oxygen atoms in total. The first-order valence-corrected chi connectivity index (χ1v) is 4.87. The van der Waals surface area contributed by atoms with E-state index in [0.717, 1.165) is 5.39 Å². The lowest BCUT2D eigenvalue weighted by Gasteiger charge is -2.24. The van der Waals surface area contributed by atoms with Gasteiger partial charge in [0, 0.05) is 0 Å². The normalized spacial score (nSPS) is 11.9. The molecule has 2 aromatic rings. The first-order valence-electron chi connectivity index (χ1n) is 4.87. The molecule has 0 atom stereocenters. The minimum absolute atomic E-state index is 0.0176. The van der Waals surface area contributed by atoms with Gasteiger partial charge in [0.05, 0.1) is 23.7 Å². The van der Waals surface area contributed by atoms with Crippen LogP contribution in [0.2, 0.25) is 0 Å². The summed E-state index contributed by atoms with van der Waals surface area (Å²) < 4.78 is 0. The summed E-state index contributed by atoms with van der Waals surface area (Å²) in [5.41, 5.74) is 5.66. The summed E-state index contributed by atoms with van der Waals surface area (Å²) in [4.78, 5) is 8.09. The monoisotopic (exact) mass is 222 g/mol. The van der Waals surface area contributed by atoms with E-state index in [-0.39, 0.29) is 12.6 Å². The zero-order valence-electron chi connectivity index (χ0n) is 9.15. The van der Waals surface area contributed by atoms with Crippen LogP contribution < -0.4 is 11.1 Å². The number of hydrogen-bond acceptors (Lipinski definition) is 6. The summed E-state index contributed by atoms with van der Waals surface area (Å²) in [6, 6.07) is 0. The van der Waals surface area contributed by atoms with Crippen LogP contribution in [0.3, 0.4) is 0 Å². The molecule has 0 radical (unpaired) electrons. The molecule has 0 spiro atoms. The van der Waals surface area contributed by atoms with E-state index in [9.17, 15) is 5.11 Å². The zero-order valence-corrected chi connectivity index (χ0v) is 9.15. The molecule has 0 saturated carbocycles. The molecule has 0 aliphatic rings. The first-order chi connectivity index (χ1) is 7.52. The third-order valence-electron chi connectivity index (χ3n) is 2.18. The molecule has 0 bridgehead atoms.